The van der Waals surface area contributed by atoms with Crippen LogP contribution in [0.25, 0.3) is 0 Å². The summed E-state index contributed by atoms with van der Waals surface area (Å²) in [6.45, 7) is 2.03. The van der Waals surface area contributed by atoms with Gasteiger partial charge in [-0.1, -0.05) is 61.7 Å². The third kappa shape index (κ3) is 7.78. The molecule has 1 fully saturated rings. The van der Waals surface area contributed by atoms with Crippen molar-refractivity contribution in [2.75, 3.05) is 0 Å². The molecule has 1 aliphatic rings. The summed E-state index contributed by atoms with van der Waals surface area (Å²) in [5.41, 5.74) is 2.24. The molecule has 2 aromatic carbocycles. The van der Waals surface area contributed by atoms with Gasteiger partial charge in [0.25, 0.3) is 0 Å². The molecule has 2 aromatic rings. The minimum Gasteiger partial charge on any atom is -0.354 e. The van der Waals surface area contributed by atoms with Crippen LogP contribution in [0.2, 0.25) is 0 Å². The molecule has 5 nitrogen and oxygen atoms in total. The van der Waals surface area contributed by atoms with Crippen molar-refractivity contribution in [2.24, 2.45) is 0 Å². The van der Waals surface area contributed by atoms with Crippen LogP contribution in [0.4, 0.5) is 0 Å². The lowest BCUT2D eigenvalue weighted by molar-refractivity contribution is -0.121. The number of hydrogen-bond donors (Lipinski definition) is 2. The Morgan fingerprint density at radius 2 is 1.58 bits per heavy atom. The summed E-state index contributed by atoms with van der Waals surface area (Å²) < 4.78 is 28.0. The maximum Gasteiger partial charge on any atom is 0.240 e. The van der Waals surface area contributed by atoms with Gasteiger partial charge in [-0.25, -0.2) is 13.1 Å². The molecule has 0 heterocycles. The van der Waals surface area contributed by atoms with E-state index in [0.717, 1.165) is 44.1 Å². The van der Waals surface area contributed by atoms with Gasteiger partial charge in [-0.15, -0.1) is 0 Å². The first-order valence-electron chi connectivity index (χ1n) is 11.4. The van der Waals surface area contributed by atoms with Crippen LogP contribution < -0.4 is 10.0 Å². The maximum absolute atomic E-state index is 12.6. The molecule has 31 heavy (non-hydrogen) atoms. The van der Waals surface area contributed by atoms with Crippen LogP contribution in [0.3, 0.4) is 0 Å². The summed E-state index contributed by atoms with van der Waals surface area (Å²) >= 11 is 0. The van der Waals surface area contributed by atoms with Crippen molar-refractivity contribution in [1.82, 2.24) is 10.0 Å². The number of amides is 1. The molecule has 0 saturated heterocycles. The number of carbonyl (C=O) groups is 1. The lowest BCUT2D eigenvalue weighted by Gasteiger charge is -2.22. The van der Waals surface area contributed by atoms with E-state index in [4.69, 9.17) is 0 Å². The molecular weight excluding hydrogens is 408 g/mol. The van der Waals surface area contributed by atoms with Gasteiger partial charge in [0.1, 0.15) is 0 Å². The van der Waals surface area contributed by atoms with E-state index >= 15 is 0 Å². The summed E-state index contributed by atoms with van der Waals surface area (Å²) in [4.78, 5) is 12.6. The maximum atomic E-state index is 12.6. The first-order valence-corrected chi connectivity index (χ1v) is 12.9. The van der Waals surface area contributed by atoms with E-state index in [2.05, 4.69) is 22.2 Å². The fraction of sp³-hybridized carbons (Fsp3) is 0.480. The average Bonchev–Trinajstić information content (AvgIpc) is 2.78. The number of sulfonamides is 1. The van der Waals surface area contributed by atoms with E-state index in [9.17, 15) is 13.2 Å². The number of aryl methyl sites for hydroxylation is 2. The number of rotatable bonds is 10. The Kier molecular flexibility index (Phi) is 8.67. The molecule has 1 atom stereocenters. The Bertz CT molecular complexity index is 921. The minimum atomic E-state index is -3.48. The monoisotopic (exact) mass is 442 g/mol. The van der Waals surface area contributed by atoms with Gasteiger partial charge < -0.3 is 5.32 Å². The van der Waals surface area contributed by atoms with Gasteiger partial charge in [-0.2, -0.15) is 0 Å². The molecule has 3 rings (SSSR count). The second kappa shape index (κ2) is 11.4. The Hall–Kier alpha value is -2.18. The van der Waals surface area contributed by atoms with E-state index in [-0.39, 0.29) is 18.0 Å². The van der Waals surface area contributed by atoms with Gasteiger partial charge >= 0.3 is 0 Å². The molecular formula is C25H34N2O3S. The normalized spacial score (nSPS) is 16.0. The van der Waals surface area contributed by atoms with Crippen molar-refractivity contribution in [1.29, 1.82) is 0 Å². The minimum absolute atomic E-state index is 0.0243. The fourth-order valence-corrected chi connectivity index (χ4v) is 5.35. The lowest BCUT2D eigenvalue weighted by Crippen LogP contribution is -2.36. The zero-order chi connectivity index (χ0) is 22.1. The Morgan fingerprint density at radius 1 is 0.935 bits per heavy atom. The molecule has 6 heteroatoms. The van der Waals surface area contributed by atoms with Crippen LogP contribution in [-0.2, 0) is 27.7 Å². The molecule has 1 aliphatic carbocycles. The standard InChI is InChI=1S/C25H34N2O3S/c1-20(12-13-21-8-4-2-5-9-21)26-25(28)19-16-22-14-17-24(18-15-22)31(29,30)27-23-10-6-3-7-11-23/h2,4-5,8-9,14-15,17-18,20,23,27H,3,6-7,10-13,16,19H2,1H3,(H,26,28)/t20-/m0/s1. The second-order valence-corrected chi connectivity index (χ2v) is 10.3. The first-order chi connectivity index (χ1) is 14.9. The van der Waals surface area contributed by atoms with Crippen molar-refractivity contribution in [2.45, 2.75) is 81.7 Å². The third-order valence-electron chi connectivity index (χ3n) is 5.92. The van der Waals surface area contributed by atoms with E-state index in [1.165, 1.54) is 12.0 Å². The van der Waals surface area contributed by atoms with Crippen molar-refractivity contribution >= 4 is 15.9 Å². The highest BCUT2D eigenvalue weighted by Crippen LogP contribution is 2.20. The van der Waals surface area contributed by atoms with Crippen molar-refractivity contribution in [3.05, 3.63) is 65.7 Å². The first kappa shape index (κ1) is 23.5. The molecule has 0 unspecified atom stereocenters. The number of nitrogens with one attached hydrogen (secondary N) is 2. The summed E-state index contributed by atoms with van der Waals surface area (Å²) in [7, 11) is -3.48. The van der Waals surface area contributed by atoms with Crippen LogP contribution in [0.1, 0.15) is 63.0 Å². The summed E-state index contributed by atoms with van der Waals surface area (Å²) in [6, 6.07) is 17.3. The van der Waals surface area contributed by atoms with Crippen LogP contribution >= 0.6 is 0 Å². The Labute approximate surface area is 186 Å². The number of hydrogen-bond acceptors (Lipinski definition) is 3. The quantitative estimate of drug-likeness (QED) is 0.574. The van der Waals surface area contributed by atoms with Crippen LogP contribution in [0.15, 0.2) is 59.5 Å². The summed E-state index contributed by atoms with van der Waals surface area (Å²) in [6.07, 6.45) is 8.00. The van der Waals surface area contributed by atoms with Gasteiger partial charge in [0.05, 0.1) is 4.90 Å². The van der Waals surface area contributed by atoms with Crippen molar-refractivity contribution in [3.63, 3.8) is 0 Å². The van der Waals surface area contributed by atoms with Crippen LogP contribution in [-0.4, -0.2) is 26.4 Å². The Balaban J connectivity index is 1.42. The highest BCUT2D eigenvalue weighted by Gasteiger charge is 2.21. The molecule has 2 N–H and O–H groups in total. The number of benzene rings is 2. The van der Waals surface area contributed by atoms with Crippen molar-refractivity contribution < 1.29 is 13.2 Å². The highest BCUT2D eigenvalue weighted by atomic mass is 32.2. The van der Waals surface area contributed by atoms with Gasteiger partial charge in [0, 0.05) is 18.5 Å². The average molecular weight is 443 g/mol. The van der Waals surface area contributed by atoms with E-state index in [1.54, 1.807) is 12.1 Å². The molecule has 168 valence electrons. The van der Waals surface area contributed by atoms with Crippen LogP contribution in [0.5, 0.6) is 0 Å². The molecule has 0 spiro atoms. The smallest absolute Gasteiger partial charge is 0.240 e. The molecule has 0 aromatic heterocycles. The Morgan fingerprint density at radius 3 is 2.26 bits per heavy atom. The SMILES string of the molecule is C[C@@H](CCc1ccccc1)NC(=O)CCc1ccc(S(=O)(=O)NC2CCCCC2)cc1. The predicted octanol–water partition coefficient (Wildman–Crippen LogP) is 4.37. The largest absolute Gasteiger partial charge is 0.354 e. The molecule has 1 saturated carbocycles. The predicted molar refractivity (Wildman–Crippen MR) is 124 cm³/mol. The van der Waals surface area contributed by atoms with Gasteiger partial charge in [-0.3, -0.25) is 4.79 Å². The summed E-state index contributed by atoms with van der Waals surface area (Å²) in [5, 5.41) is 3.06. The molecule has 0 radical (unpaired) electrons. The fourth-order valence-electron chi connectivity index (χ4n) is 4.05. The van der Waals surface area contributed by atoms with Gasteiger partial charge in [0.15, 0.2) is 0 Å². The van der Waals surface area contributed by atoms with Gasteiger partial charge in [0.2, 0.25) is 15.9 Å². The highest BCUT2D eigenvalue weighted by molar-refractivity contribution is 7.89. The van der Waals surface area contributed by atoms with E-state index in [1.807, 2.05) is 37.3 Å². The van der Waals surface area contributed by atoms with E-state index in [0.29, 0.717) is 17.7 Å². The van der Waals surface area contributed by atoms with Gasteiger partial charge in [-0.05, 0) is 62.3 Å². The zero-order valence-corrected chi connectivity index (χ0v) is 19.2. The van der Waals surface area contributed by atoms with E-state index < -0.39 is 10.0 Å². The topological polar surface area (TPSA) is 75.3 Å². The van der Waals surface area contributed by atoms with Crippen LogP contribution in [0, 0.1) is 0 Å². The molecule has 0 bridgehead atoms. The van der Waals surface area contributed by atoms with Crippen molar-refractivity contribution in [3.8, 4) is 0 Å². The lowest BCUT2D eigenvalue weighted by atomic mass is 9.96. The molecule has 1 amide bonds. The second-order valence-electron chi connectivity index (χ2n) is 8.59. The number of carbonyl (C=O) groups excluding carboxylic acids is 1. The summed E-state index contributed by atoms with van der Waals surface area (Å²) in [5.74, 6) is 0.0243. The molecule has 0 aliphatic heterocycles. The third-order valence-corrected chi connectivity index (χ3v) is 7.45. The zero-order valence-electron chi connectivity index (χ0n) is 18.3.